The maximum Gasteiger partial charge on any atom is 0.326 e. The first-order chi connectivity index (χ1) is 12.8. The molecule has 0 saturated carbocycles. The number of rotatable bonds is 9. The van der Waals surface area contributed by atoms with E-state index in [4.69, 9.17) is 5.11 Å². The van der Waals surface area contributed by atoms with Crippen LogP contribution in [0.4, 0.5) is 0 Å². The molecule has 1 heterocycles. The van der Waals surface area contributed by atoms with E-state index in [1.165, 1.54) is 6.07 Å². The number of carboxylic acids is 1. The summed E-state index contributed by atoms with van der Waals surface area (Å²) in [7, 11) is -1.96. The van der Waals surface area contributed by atoms with E-state index in [0.717, 1.165) is 12.8 Å². The number of nitrogens with zero attached hydrogens (tertiary/aromatic N) is 2. The predicted octanol–water partition coefficient (Wildman–Crippen LogP) is 1.61. The second-order valence-electron chi connectivity index (χ2n) is 6.51. The third-order valence-corrected chi connectivity index (χ3v) is 5.68. The Hall–Kier alpha value is -2.42. The Morgan fingerprint density at radius 3 is 2.63 bits per heavy atom. The minimum Gasteiger partial charge on any atom is -0.480 e. The van der Waals surface area contributed by atoms with Crippen molar-refractivity contribution in [3.8, 4) is 0 Å². The van der Waals surface area contributed by atoms with Crippen LogP contribution in [-0.2, 0) is 19.6 Å². The number of amidine groups is 1. The highest BCUT2D eigenvalue weighted by Gasteiger charge is 2.30. The van der Waals surface area contributed by atoms with Crippen molar-refractivity contribution in [1.29, 1.82) is 0 Å². The van der Waals surface area contributed by atoms with Crippen molar-refractivity contribution in [3.05, 3.63) is 29.8 Å². The molecule has 0 bridgehead atoms. The molecular formula is C18H25N3O5S. The number of carbonyl (C=O) groups is 2. The number of unbranched alkanes of at least 4 members (excludes halogenated alkanes) is 1. The van der Waals surface area contributed by atoms with Gasteiger partial charge in [0.15, 0.2) is 0 Å². The van der Waals surface area contributed by atoms with E-state index in [9.17, 15) is 18.0 Å². The van der Waals surface area contributed by atoms with Gasteiger partial charge in [0.1, 0.15) is 16.8 Å². The van der Waals surface area contributed by atoms with Crippen LogP contribution in [0.3, 0.4) is 0 Å². The summed E-state index contributed by atoms with van der Waals surface area (Å²) in [6.45, 7) is 2.38. The van der Waals surface area contributed by atoms with Crippen LogP contribution in [0, 0.1) is 0 Å². The highest BCUT2D eigenvalue weighted by molar-refractivity contribution is 7.90. The Morgan fingerprint density at radius 2 is 1.96 bits per heavy atom. The molecule has 0 fully saturated rings. The smallest absolute Gasteiger partial charge is 0.326 e. The Kier molecular flexibility index (Phi) is 6.95. The number of carbonyl (C=O) groups excluding carboxylic acids is 1. The summed E-state index contributed by atoms with van der Waals surface area (Å²) in [5.41, 5.74) is 0.551. The van der Waals surface area contributed by atoms with E-state index in [1.54, 1.807) is 30.1 Å². The average molecular weight is 395 g/mol. The molecule has 27 heavy (non-hydrogen) atoms. The SMILES string of the molecule is CCCC[C@H](NC(=O)CCCN(C)C1=NS(=O)(=O)c2ccccc21)C(=O)O. The number of amides is 1. The maximum absolute atomic E-state index is 12.1. The van der Waals surface area contributed by atoms with Crippen molar-refractivity contribution in [2.24, 2.45) is 4.40 Å². The number of benzene rings is 1. The second-order valence-corrected chi connectivity index (χ2v) is 8.08. The number of sulfonamides is 1. The molecule has 1 aromatic rings. The summed E-state index contributed by atoms with van der Waals surface area (Å²) in [6, 6.07) is 5.75. The zero-order valence-electron chi connectivity index (χ0n) is 15.5. The largest absolute Gasteiger partial charge is 0.480 e. The highest BCUT2D eigenvalue weighted by Crippen LogP contribution is 2.26. The first kappa shape index (κ1) is 20.9. The topological polar surface area (TPSA) is 116 Å². The van der Waals surface area contributed by atoms with Gasteiger partial charge in [-0.15, -0.1) is 4.40 Å². The second kappa shape index (κ2) is 8.98. The monoisotopic (exact) mass is 395 g/mol. The number of nitrogens with one attached hydrogen (secondary N) is 1. The Morgan fingerprint density at radius 1 is 1.26 bits per heavy atom. The summed E-state index contributed by atoms with van der Waals surface area (Å²) in [5, 5.41) is 11.7. The zero-order chi connectivity index (χ0) is 20.0. The fourth-order valence-electron chi connectivity index (χ4n) is 2.88. The summed E-state index contributed by atoms with van der Waals surface area (Å²) < 4.78 is 28.0. The fraction of sp³-hybridized carbons (Fsp3) is 0.500. The van der Waals surface area contributed by atoms with Crippen LogP contribution in [0.5, 0.6) is 0 Å². The Bertz CT molecular complexity index is 835. The quantitative estimate of drug-likeness (QED) is 0.656. The third-order valence-electron chi connectivity index (χ3n) is 4.35. The molecule has 0 radical (unpaired) electrons. The van der Waals surface area contributed by atoms with Gasteiger partial charge in [0.05, 0.1) is 0 Å². The molecule has 1 atom stereocenters. The van der Waals surface area contributed by atoms with Crippen LogP contribution in [0.25, 0.3) is 0 Å². The van der Waals surface area contributed by atoms with Gasteiger partial charge in [-0.05, 0) is 25.0 Å². The van der Waals surface area contributed by atoms with Gasteiger partial charge in [-0.3, -0.25) is 4.79 Å². The lowest BCUT2D eigenvalue weighted by Gasteiger charge is -2.19. The van der Waals surface area contributed by atoms with Crippen LogP contribution < -0.4 is 5.32 Å². The van der Waals surface area contributed by atoms with E-state index in [1.807, 2.05) is 6.92 Å². The highest BCUT2D eigenvalue weighted by atomic mass is 32.2. The minimum atomic E-state index is -3.67. The molecule has 1 amide bonds. The molecule has 8 nitrogen and oxygen atoms in total. The molecule has 0 aliphatic carbocycles. The first-order valence-corrected chi connectivity index (χ1v) is 10.4. The number of hydrogen-bond donors (Lipinski definition) is 2. The molecule has 0 spiro atoms. The maximum atomic E-state index is 12.1. The molecule has 1 aliphatic rings. The Balaban J connectivity index is 1.89. The van der Waals surface area contributed by atoms with Crippen molar-refractivity contribution in [2.45, 2.75) is 50.0 Å². The van der Waals surface area contributed by atoms with E-state index < -0.39 is 22.0 Å². The normalized spacial score (nSPS) is 15.6. The summed E-state index contributed by atoms with van der Waals surface area (Å²) in [5.74, 6) is -0.998. The van der Waals surface area contributed by atoms with Gasteiger partial charge >= 0.3 is 5.97 Å². The third kappa shape index (κ3) is 5.29. The lowest BCUT2D eigenvalue weighted by Crippen LogP contribution is -2.41. The minimum absolute atomic E-state index is 0.155. The van der Waals surface area contributed by atoms with Crippen LogP contribution in [0.1, 0.15) is 44.6 Å². The van der Waals surface area contributed by atoms with Gasteiger partial charge in [0.25, 0.3) is 10.0 Å². The first-order valence-electron chi connectivity index (χ1n) is 8.94. The fourth-order valence-corrected chi connectivity index (χ4v) is 4.13. The van der Waals surface area contributed by atoms with Crippen LogP contribution >= 0.6 is 0 Å². The lowest BCUT2D eigenvalue weighted by molar-refractivity contribution is -0.142. The molecule has 1 aromatic carbocycles. The standard InChI is InChI=1S/C18H25N3O5S/c1-3-4-9-14(18(23)24)19-16(22)11-7-12-21(2)17-13-8-5-6-10-15(13)27(25,26)20-17/h5-6,8,10,14H,3-4,7,9,11-12H2,1-2H3,(H,19,22)(H,23,24)/t14-/m0/s1. The van der Waals surface area contributed by atoms with Crippen molar-refractivity contribution in [1.82, 2.24) is 10.2 Å². The summed E-state index contributed by atoms with van der Waals surface area (Å²) >= 11 is 0. The molecule has 2 N–H and O–H groups in total. The van der Waals surface area contributed by atoms with Crippen LogP contribution in [0.2, 0.25) is 0 Å². The van der Waals surface area contributed by atoms with Crippen molar-refractivity contribution in [2.75, 3.05) is 13.6 Å². The van der Waals surface area contributed by atoms with E-state index in [2.05, 4.69) is 9.71 Å². The molecule has 2 rings (SSSR count). The van der Waals surface area contributed by atoms with Crippen LogP contribution in [-0.4, -0.2) is 55.8 Å². The molecule has 9 heteroatoms. The lowest BCUT2D eigenvalue weighted by atomic mass is 10.1. The predicted molar refractivity (Wildman–Crippen MR) is 101 cm³/mol. The summed E-state index contributed by atoms with van der Waals surface area (Å²) in [6.07, 6.45) is 2.60. The van der Waals surface area contributed by atoms with Gasteiger partial charge in [0, 0.05) is 25.6 Å². The van der Waals surface area contributed by atoms with Gasteiger partial charge in [-0.25, -0.2) is 4.79 Å². The van der Waals surface area contributed by atoms with E-state index in [0.29, 0.717) is 30.8 Å². The van der Waals surface area contributed by atoms with Gasteiger partial charge in [-0.2, -0.15) is 8.42 Å². The van der Waals surface area contributed by atoms with Gasteiger partial charge in [0.2, 0.25) is 5.91 Å². The van der Waals surface area contributed by atoms with Crippen LogP contribution in [0.15, 0.2) is 33.6 Å². The van der Waals surface area contributed by atoms with Crippen molar-refractivity contribution in [3.63, 3.8) is 0 Å². The van der Waals surface area contributed by atoms with Crippen molar-refractivity contribution < 1.29 is 23.1 Å². The number of hydrogen-bond acceptors (Lipinski definition) is 5. The average Bonchev–Trinajstić information content (AvgIpc) is 2.90. The van der Waals surface area contributed by atoms with Crippen molar-refractivity contribution >= 4 is 27.7 Å². The number of aliphatic carboxylic acids is 1. The Labute approximate surface area is 159 Å². The van der Waals surface area contributed by atoms with E-state index >= 15 is 0 Å². The molecule has 0 unspecified atom stereocenters. The van der Waals surface area contributed by atoms with E-state index in [-0.39, 0.29) is 17.2 Å². The number of carboxylic acid groups (broad SMARTS) is 1. The molecule has 0 aromatic heterocycles. The van der Waals surface area contributed by atoms with Gasteiger partial charge < -0.3 is 15.3 Å². The number of fused-ring (bicyclic) bond motifs is 1. The molecule has 1 aliphatic heterocycles. The van der Waals surface area contributed by atoms with Gasteiger partial charge in [-0.1, -0.05) is 31.9 Å². The molecular weight excluding hydrogens is 370 g/mol. The molecule has 148 valence electrons. The summed E-state index contributed by atoms with van der Waals surface area (Å²) in [4.78, 5) is 25.1. The zero-order valence-corrected chi connectivity index (χ0v) is 16.3. The molecule has 0 saturated heterocycles.